The largest absolute Gasteiger partial charge is 0.311 e. The molecular formula is C53H37N. The minimum absolute atomic E-state index is 0.534. The standard InChI is InChI=1S/C53H37N/c1-6-18-39(19-7-1)49-37-51-52(47-29-17-16-28-46(47)49)48-35-32-40(36-50(48)53(51,41-20-8-2-9-21-41)42-22-10-3-11-23-42)38-30-33-45(34-31-38)54(43-24-12-4-13-25-43)44-26-14-5-15-27-44/h1-37H. The van der Waals surface area contributed by atoms with Crippen molar-refractivity contribution in [3.63, 3.8) is 0 Å². The summed E-state index contributed by atoms with van der Waals surface area (Å²) in [5.74, 6) is 0. The Labute approximate surface area is 317 Å². The van der Waals surface area contributed by atoms with Crippen LogP contribution >= 0.6 is 0 Å². The van der Waals surface area contributed by atoms with Crippen LogP contribution in [0.15, 0.2) is 224 Å². The van der Waals surface area contributed by atoms with Crippen molar-refractivity contribution in [1.82, 2.24) is 0 Å². The zero-order valence-corrected chi connectivity index (χ0v) is 29.8. The zero-order valence-electron chi connectivity index (χ0n) is 29.8. The van der Waals surface area contributed by atoms with Crippen LogP contribution in [0.3, 0.4) is 0 Å². The molecule has 1 heteroatoms. The van der Waals surface area contributed by atoms with Gasteiger partial charge in [-0.05, 0) is 115 Å². The number of anilines is 3. The third-order valence-electron chi connectivity index (χ3n) is 11.1. The predicted octanol–water partition coefficient (Wildman–Crippen LogP) is 14.0. The first kappa shape index (κ1) is 31.7. The van der Waals surface area contributed by atoms with Gasteiger partial charge in [-0.1, -0.05) is 176 Å². The molecule has 0 N–H and O–H groups in total. The third-order valence-corrected chi connectivity index (χ3v) is 11.1. The number of para-hydroxylation sites is 2. The first-order chi connectivity index (χ1) is 26.8. The van der Waals surface area contributed by atoms with Crippen LogP contribution in [0.5, 0.6) is 0 Å². The van der Waals surface area contributed by atoms with Gasteiger partial charge in [0.05, 0.1) is 5.41 Å². The summed E-state index contributed by atoms with van der Waals surface area (Å²) in [6.07, 6.45) is 0. The molecule has 0 aliphatic heterocycles. The van der Waals surface area contributed by atoms with Crippen molar-refractivity contribution < 1.29 is 0 Å². The van der Waals surface area contributed by atoms with E-state index in [1.807, 2.05) is 0 Å². The van der Waals surface area contributed by atoms with Crippen LogP contribution in [0.2, 0.25) is 0 Å². The lowest BCUT2D eigenvalue weighted by Crippen LogP contribution is -2.28. The molecule has 0 atom stereocenters. The summed E-state index contributed by atoms with van der Waals surface area (Å²) < 4.78 is 0. The van der Waals surface area contributed by atoms with Gasteiger partial charge in [0.15, 0.2) is 0 Å². The lowest BCUT2D eigenvalue weighted by atomic mass is 9.67. The molecule has 0 fully saturated rings. The fourth-order valence-electron chi connectivity index (χ4n) is 8.78. The predicted molar refractivity (Wildman–Crippen MR) is 227 cm³/mol. The second kappa shape index (κ2) is 13.2. The van der Waals surface area contributed by atoms with Crippen molar-refractivity contribution in [3.05, 3.63) is 247 Å². The molecule has 1 nitrogen and oxygen atoms in total. The van der Waals surface area contributed by atoms with Gasteiger partial charge in [0.1, 0.15) is 0 Å². The van der Waals surface area contributed by atoms with Crippen molar-refractivity contribution in [2.75, 3.05) is 4.90 Å². The van der Waals surface area contributed by atoms with Gasteiger partial charge in [-0.2, -0.15) is 0 Å². The minimum Gasteiger partial charge on any atom is -0.311 e. The molecule has 9 aromatic rings. The van der Waals surface area contributed by atoms with Gasteiger partial charge >= 0.3 is 0 Å². The summed E-state index contributed by atoms with van der Waals surface area (Å²) in [6.45, 7) is 0. The average Bonchev–Trinajstić information content (AvgIpc) is 3.56. The van der Waals surface area contributed by atoms with E-state index in [9.17, 15) is 0 Å². The van der Waals surface area contributed by atoms with Crippen molar-refractivity contribution in [2.24, 2.45) is 0 Å². The number of hydrogen-bond acceptors (Lipinski definition) is 1. The zero-order chi connectivity index (χ0) is 35.9. The van der Waals surface area contributed by atoms with E-state index in [2.05, 4.69) is 229 Å². The first-order valence-corrected chi connectivity index (χ1v) is 18.7. The van der Waals surface area contributed by atoms with Crippen LogP contribution in [0.25, 0.3) is 44.2 Å². The Bertz CT molecular complexity index is 2640. The monoisotopic (exact) mass is 687 g/mol. The van der Waals surface area contributed by atoms with Gasteiger partial charge in [0, 0.05) is 17.1 Å². The molecule has 0 amide bonds. The summed E-state index contributed by atoms with van der Waals surface area (Å²) in [5, 5.41) is 2.55. The van der Waals surface area contributed by atoms with E-state index in [0.29, 0.717) is 0 Å². The van der Waals surface area contributed by atoms with Crippen LogP contribution in [0.1, 0.15) is 22.3 Å². The number of fused-ring (bicyclic) bond motifs is 5. The van der Waals surface area contributed by atoms with Crippen molar-refractivity contribution in [1.29, 1.82) is 0 Å². The Morgan fingerprint density at radius 3 is 1.33 bits per heavy atom. The highest BCUT2D eigenvalue weighted by atomic mass is 15.1. The van der Waals surface area contributed by atoms with E-state index in [1.54, 1.807) is 0 Å². The van der Waals surface area contributed by atoms with E-state index in [4.69, 9.17) is 0 Å². The topological polar surface area (TPSA) is 3.24 Å². The third kappa shape index (κ3) is 5.09. The van der Waals surface area contributed by atoms with Crippen LogP contribution < -0.4 is 4.90 Å². The molecule has 1 aliphatic rings. The molecule has 0 aromatic heterocycles. The van der Waals surface area contributed by atoms with Crippen LogP contribution in [-0.2, 0) is 5.41 Å². The van der Waals surface area contributed by atoms with E-state index in [0.717, 1.165) is 17.1 Å². The van der Waals surface area contributed by atoms with Crippen LogP contribution in [0.4, 0.5) is 17.1 Å². The van der Waals surface area contributed by atoms with E-state index in [1.165, 1.54) is 66.4 Å². The van der Waals surface area contributed by atoms with Crippen LogP contribution in [0, 0.1) is 0 Å². The number of benzene rings is 9. The highest BCUT2D eigenvalue weighted by molar-refractivity contribution is 6.10. The SMILES string of the molecule is c1ccc(-c2cc3c(c4ccccc24)-c2ccc(-c4ccc(N(c5ccccc5)c5ccccc5)cc4)cc2C3(c2ccccc2)c2ccccc2)cc1. The summed E-state index contributed by atoms with van der Waals surface area (Å²) in [4.78, 5) is 2.31. The van der Waals surface area contributed by atoms with Gasteiger partial charge in [-0.15, -0.1) is 0 Å². The highest BCUT2D eigenvalue weighted by Gasteiger charge is 2.47. The lowest BCUT2D eigenvalue weighted by molar-refractivity contribution is 0.769. The van der Waals surface area contributed by atoms with Gasteiger partial charge in [-0.25, -0.2) is 0 Å². The normalized spacial score (nSPS) is 12.6. The molecule has 0 radical (unpaired) electrons. The molecular weight excluding hydrogens is 651 g/mol. The van der Waals surface area contributed by atoms with Gasteiger partial charge in [-0.3, -0.25) is 0 Å². The summed E-state index contributed by atoms with van der Waals surface area (Å²) in [5.41, 5.74) is 15.5. The van der Waals surface area contributed by atoms with Gasteiger partial charge in [0.2, 0.25) is 0 Å². The molecule has 0 saturated heterocycles. The van der Waals surface area contributed by atoms with Crippen molar-refractivity contribution >= 4 is 27.8 Å². The second-order valence-electron chi connectivity index (χ2n) is 14.1. The van der Waals surface area contributed by atoms with E-state index < -0.39 is 5.41 Å². The maximum atomic E-state index is 2.49. The van der Waals surface area contributed by atoms with Crippen molar-refractivity contribution in [3.8, 4) is 33.4 Å². The fraction of sp³-hybridized carbons (Fsp3) is 0.0189. The van der Waals surface area contributed by atoms with Gasteiger partial charge < -0.3 is 4.90 Å². The molecule has 9 aromatic carbocycles. The maximum absolute atomic E-state index is 2.49. The molecule has 0 heterocycles. The molecule has 254 valence electrons. The Balaban J connectivity index is 1.21. The number of nitrogens with zero attached hydrogens (tertiary/aromatic N) is 1. The minimum atomic E-state index is -0.534. The number of rotatable bonds is 7. The molecule has 54 heavy (non-hydrogen) atoms. The molecule has 0 saturated carbocycles. The molecule has 10 rings (SSSR count). The summed E-state index contributed by atoms with van der Waals surface area (Å²) in [7, 11) is 0. The molecule has 1 aliphatic carbocycles. The van der Waals surface area contributed by atoms with Crippen LogP contribution in [-0.4, -0.2) is 0 Å². The maximum Gasteiger partial charge on any atom is 0.0714 e. The Morgan fingerprint density at radius 1 is 0.296 bits per heavy atom. The van der Waals surface area contributed by atoms with Gasteiger partial charge in [0.25, 0.3) is 0 Å². The Hall–Kier alpha value is -6.96. The van der Waals surface area contributed by atoms with E-state index in [-0.39, 0.29) is 0 Å². The smallest absolute Gasteiger partial charge is 0.0714 e. The summed E-state index contributed by atoms with van der Waals surface area (Å²) >= 11 is 0. The van der Waals surface area contributed by atoms with E-state index >= 15 is 0 Å². The molecule has 0 bridgehead atoms. The Morgan fingerprint density at radius 2 is 0.759 bits per heavy atom. The van der Waals surface area contributed by atoms with Crippen molar-refractivity contribution in [2.45, 2.75) is 5.41 Å². The highest BCUT2D eigenvalue weighted by Crippen LogP contribution is 2.59. The summed E-state index contributed by atoms with van der Waals surface area (Å²) in [6, 6.07) is 81.9. The second-order valence-corrected chi connectivity index (χ2v) is 14.1. The Kier molecular flexibility index (Phi) is 7.78. The molecule has 0 spiro atoms. The fourth-order valence-corrected chi connectivity index (χ4v) is 8.78. The average molecular weight is 688 g/mol. The lowest BCUT2D eigenvalue weighted by Gasteiger charge is -2.34. The molecule has 0 unspecified atom stereocenters. The number of hydrogen-bond donors (Lipinski definition) is 0. The first-order valence-electron chi connectivity index (χ1n) is 18.7. The quantitative estimate of drug-likeness (QED) is 0.161.